The maximum Gasteiger partial charge on any atom is 0.330 e. The van der Waals surface area contributed by atoms with Gasteiger partial charge in [0.15, 0.2) is 37.2 Å². The van der Waals surface area contributed by atoms with Crippen LogP contribution in [0.25, 0.3) is 0 Å². The summed E-state index contributed by atoms with van der Waals surface area (Å²) in [5.74, 6) is -5.66. The molecular weight excluding hydrogens is 1110 g/mol. The molecule has 0 aromatic heterocycles. The van der Waals surface area contributed by atoms with Gasteiger partial charge in [-0.3, -0.25) is 9.59 Å². The number of aliphatic carboxylic acids is 1. The topological polar surface area (TPSA) is 425 Å². The van der Waals surface area contributed by atoms with Crippen molar-refractivity contribution in [3.63, 3.8) is 0 Å². The average Bonchev–Trinajstić information content (AvgIpc) is 3.64. The van der Waals surface area contributed by atoms with Gasteiger partial charge < -0.3 is 118 Å². The maximum absolute atomic E-state index is 13.5. The summed E-state index contributed by atoms with van der Waals surface area (Å²) in [6.07, 6.45) is -22.5. The van der Waals surface area contributed by atoms with Gasteiger partial charge in [0.05, 0.1) is 55.3 Å². The number of esters is 3. The Bertz CT molecular complexity index is 2160. The number of allylic oxidation sites excluding steroid dienone is 2. The van der Waals surface area contributed by atoms with Gasteiger partial charge in [0.2, 0.25) is 0 Å². The van der Waals surface area contributed by atoms with Crippen LogP contribution in [0.15, 0.2) is 24.3 Å². The van der Waals surface area contributed by atoms with Gasteiger partial charge >= 0.3 is 23.9 Å². The van der Waals surface area contributed by atoms with E-state index >= 15 is 0 Å². The molecule has 4 heterocycles. The van der Waals surface area contributed by atoms with E-state index in [0.29, 0.717) is 64.2 Å². The number of hydrogen-bond donors (Lipinski definition) is 12. The summed E-state index contributed by atoms with van der Waals surface area (Å²) in [7, 11) is 2.96. The quantitative estimate of drug-likeness (QED) is 0.0184. The SMILES string of the molecule is COC1CC(C=CC(=O)OC[C@H]2O[C@@H](OC3CC4C(O[C@@H]5O[C@H](COC(=O)CC(=O)O)[C@@H](O)[C@H](O)[C@H]5O)CC(O)CC4[OH+]C3C3CCC(O)CC3)[C@H](O[C@@H]3OC[C@@H](O)[C@H](O)[C@H]3OC(=O)C=CC3CCC(O)C(OC)C3)[C@@H](O)[C@@H]2O)CCC1O. The molecule has 8 fully saturated rings. The Balaban J connectivity index is 1.05. The molecule has 4 saturated carbocycles. The molecule has 8 aliphatic rings. The minimum absolute atomic E-state index is 0.0415. The lowest BCUT2D eigenvalue weighted by Crippen LogP contribution is -2.65. The highest BCUT2D eigenvalue weighted by atomic mass is 16.8. The molecule has 28 nitrogen and oxygen atoms in total. The van der Waals surface area contributed by atoms with Gasteiger partial charge in [-0.2, -0.15) is 0 Å². The van der Waals surface area contributed by atoms with E-state index in [9.17, 15) is 75.3 Å². The first-order valence-electron chi connectivity index (χ1n) is 28.8. The minimum atomic E-state index is -1.97. The van der Waals surface area contributed by atoms with E-state index in [-0.39, 0.29) is 37.0 Å². The Hall–Kier alpha value is -3.44. The number of carboxylic acids is 1. The molecule has 4 aliphatic heterocycles. The molecule has 28 heteroatoms. The van der Waals surface area contributed by atoms with Crippen LogP contribution in [0.2, 0.25) is 0 Å². The largest absolute Gasteiger partial charge is 0.481 e. The van der Waals surface area contributed by atoms with Crippen LogP contribution < -0.4 is 0 Å². The van der Waals surface area contributed by atoms with Gasteiger partial charge in [-0.05, 0) is 82.5 Å². The number of ether oxygens (including phenoxy) is 12. The molecule has 4 saturated heterocycles. The van der Waals surface area contributed by atoms with Crippen LogP contribution in [0.4, 0.5) is 0 Å². The standard InChI is InChI=1S/C55H84O28/c1-72-35-15-24(3-11-30(35)58)5-13-41(63)74-22-39-46(68)48(70)52(83-54-51(44(66)32(60)21-76-54)82-42(64)14-6-25-4-12-31(59)36(16-25)73-2)55(81-39)79-37-19-29-33(77-50(37)26-7-9-27(56)10-8-26)17-28(57)18-34(29)78-53-49(71)47(69)45(67)38(80-53)23-75-43(65)20-40(61)62/h5-6,13-14,24-39,44-60,66-71H,3-4,7-12,15-23H2,1-2H3,(H,61,62)/p+1/t24?,25?,26?,27?,28?,29?,30?,31?,32-,33?,34?,35?,36?,37?,38-,39-,44+,45-,46-,47+,48+,49-,50?,51-,52-,53-,54+,55-/m1/s1. The molecule has 0 aromatic rings. The summed E-state index contributed by atoms with van der Waals surface area (Å²) >= 11 is 0. The van der Waals surface area contributed by atoms with Gasteiger partial charge in [0, 0.05) is 45.1 Å². The normalized spacial score (nSPS) is 45.3. The molecule has 472 valence electrons. The highest BCUT2D eigenvalue weighted by Gasteiger charge is 2.58. The van der Waals surface area contributed by atoms with Crippen molar-refractivity contribution < 1.29 is 137 Å². The zero-order valence-corrected chi connectivity index (χ0v) is 46.4. The smallest absolute Gasteiger partial charge is 0.330 e. The monoisotopic (exact) mass is 1190 g/mol. The lowest BCUT2D eigenvalue weighted by Gasteiger charge is -2.50. The van der Waals surface area contributed by atoms with Crippen LogP contribution in [0, 0.1) is 23.7 Å². The van der Waals surface area contributed by atoms with Crippen molar-refractivity contribution in [2.75, 3.05) is 34.0 Å². The van der Waals surface area contributed by atoms with E-state index in [4.69, 9.17) is 61.9 Å². The minimum Gasteiger partial charge on any atom is -0.481 e. The molecule has 0 radical (unpaired) electrons. The fourth-order valence-electron chi connectivity index (χ4n) is 12.9. The van der Waals surface area contributed by atoms with E-state index in [2.05, 4.69) is 0 Å². The molecular formula is C55H85O28+. The number of aliphatic hydroxyl groups is 13. The van der Waals surface area contributed by atoms with E-state index in [1.165, 1.54) is 20.3 Å². The van der Waals surface area contributed by atoms with Crippen LogP contribution in [0.5, 0.6) is 0 Å². The lowest BCUT2D eigenvalue weighted by molar-refractivity contribution is -0.385. The Morgan fingerprint density at radius 1 is 0.530 bits per heavy atom. The Kier molecular flexibility index (Phi) is 23.7. The van der Waals surface area contributed by atoms with Crippen LogP contribution in [0.3, 0.4) is 0 Å². The molecule has 26 atom stereocenters. The fourth-order valence-corrected chi connectivity index (χ4v) is 12.9. The van der Waals surface area contributed by atoms with Crippen LogP contribution in [-0.4, -0.2) is 271 Å². The third-order valence-corrected chi connectivity index (χ3v) is 17.7. The molecule has 13 N–H and O–H groups in total. The Labute approximate surface area is 479 Å². The first kappa shape index (κ1) is 65.5. The average molecular weight is 1190 g/mol. The molecule has 8 rings (SSSR count). The third kappa shape index (κ3) is 16.8. The second kappa shape index (κ2) is 30.0. The van der Waals surface area contributed by atoms with Crippen molar-refractivity contribution in [3.05, 3.63) is 24.3 Å². The molecule has 83 heavy (non-hydrogen) atoms. The maximum atomic E-state index is 13.5. The number of methoxy groups -OCH3 is 2. The molecule has 12 unspecified atom stereocenters. The molecule has 4 aliphatic carbocycles. The van der Waals surface area contributed by atoms with Crippen LogP contribution >= 0.6 is 0 Å². The molecule has 0 spiro atoms. The lowest BCUT2D eigenvalue weighted by atomic mass is 9.73. The highest BCUT2D eigenvalue weighted by Crippen LogP contribution is 2.44. The number of carboxylic acid groups (broad SMARTS) is 1. The number of fused-ring (bicyclic) bond motifs is 1. The van der Waals surface area contributed by atoms with Gasteiger partial charge in [-0.25, -0.2) is 9.59 Å². The van der Waals surface area contributed by atoms with Crippen molar-refractivity contribution in [3.8, 4) is 0 Å². The molecule has 0 aromatic carbocycles. The summed E-state index contributed by atoms with van der Waals surface area (Å²) in [5, 5.41) is 130. The highest BCUT2D eigenvalue weighted by molar-refractivity contribution is 5.90. The van der Waals surface area contributed by atoms with Crippen molar-refractivity contribution in [2.45, 2.75) is 237 Å². The van der Waals surface area contributed by atoms with E-state index < -0.39 is 203 Å². The predicted octanol–water partition coefficient (Wildman–Crippen LogP) is -3.60. The summed E-state index contributed by atoms with van der Waals surface area (Å²) < 4.78 is 70.0. The zero-order chi connectivity index (χ0) is 59.8. The number of rotatable bonds is 20. The van der Waals surface area contributed by atoms with Crippen molar-refractivity contribution in [2.24, 2.45) is 23.7 Å². The Morgan fingerprint density at radius 2 is 1.12 bits per heavy atom. The van der Waals surface area contributed by atoms with E-state index in [1.54, 1.807) is 12.2 Å². The number of hydrogen-bond acceptors (Lipinski definition) is 26. The first-order chi connectivity index (χ1) is 39.6. The fraction of sp³-hybridized carbons (Fsp3) is 0.855. The van der Waals surface area contributed by atoms with Crippen LogP contribution in [-0.2, 0) is 71.3 Å². The van der Waals surface area contributed by atoms with Crippen molar-refractivity contribution in [1.29, 1.82) is 0 Å². The number of aliphatic hydroxyl groups excluding tert-OH is 11. The predicted molar refractivity (Wildman–Crippen MR) is 275 cm³/mol. The summed E-state index contributed by atoms with van der Waals surface area (Å²) in [5.41, 5.74) is 0. The number of carbonyl (C=O) groups excluding carboxylic acids is 3. The number of carbonyl (C=O) groups is 4. The first-order valence-corrected chi connectivity index (χ1v) is 28.8. The summed E-state index contributed by atoms with van der Waals surface area (Å²) in [6.45, 7) is -1.91. The summed E-state index contributed by atoms with van der Waals surface area (Å²) in [6, 6.07) is 0. The Morgan fingerprint density at radius 3 is 1.75 bits per heavy atom. The van der Waals surface area contributed by atoms with E-state index in [0.717, 1.165) is 6.08 Å². The van der Waals surface area contributed by atoms with Crippen LogP contribution in [0.1, 0.15) is 89.9 Å². The van der Waals surface area contributed by atoms with Gasteiger partial charge in [0.1, 0.15) is 86.8 Å². The second-order valence-corrected chi connectivity index (χ2v) is 23.4. The third-order valence-electron chi connectivity index (χ3n) is 17.7. The zero-order valence-electron chi connectivity index (χ0n) is 46.4. The molecule has 0 amide bonds. The van der Waals surface area contributed by atoms with Gasteiger partial charge in [0.25, 0.3) is 0 Å². The van der Waals surface area contributed by atoms with Crippen molar-refractivity contribution in [1.82, 2.24) is 0 Å². The van der Waals surface area contributed by atoms with Gasteiger partial charge in [-0.1, -0.05) is 12.2 Å². The summed E-state index contributed by atoms with van der Waals surface area (Å²) in [4.78, 5) is 49.9. The molecule has 0 bridgehead atoms. The second-order valence-electron chi connectivity index (χ2n) is 23.4. The van der Waals surface area contributed by atoms with E-state index in [1.807, 2.05) is 0 Å². The van der Waals surface area contributed by atoms with Crippen molar-refractivity contribution >= 4 is 23.9 Å². The van der Waals surface area contributed by atoms with Gasteiger partial charge in [-0.15, -0.1) is 0 Å².